The monoisotopic (exact) mass is 451 g/mol. The van der Waals surface area contributed by atoms with Crippen LogP contribution in [0.4, 0.5) is 14.5 Å². The van der Waals surface area contributed by atoms with E-state index in [2.05, 4.69) is 5.32 Å². The predicted octanol–water partition coefficient (Wildman–Crippen LogP) is 4.03. The van der Waals surface area contributed by atoms with Crippen LogP contribution < -0.4 is 10.2 Å². The smallest absolute Gasteiger partial charge is 0.258 e. The van der Waals surface area contributed by atoms with E-state index in [1.54, 1.807) is 42.5 Å². The van der Waals surface area contributed by atoms with Gasteiger partial charge in [0.25, 0.3) is 5.91 Å². The highest BCUT2D eigenvalue weighted by molar-refractivity contribution is 6.06. The van der Waals surface area contributed by atoms with Gasteiger partial charge in [-0.2, -0.15) is 0 Å². The van der Waals surface area contributed by atoms with Crippen molar-refractivity contribution in [2.75, 3.05) is 32.1 Å². The van der Waals surface area contributed by atoms with Crippen molar-refractivity contribution in [3.8, 4) is 0 Å². The molecule has 0 aliphatic heterocycles. The second-order valence-corrected chi connectivity index (χ2v) is 8.02. The molecule has 172 valence electrons. The van der Waals surface area contributed by atoms with Crippen LogP contribution in [0.15, 0.2) is 72.8 Å². The number of carbonyl (C=O) groups is 2. The van der Waals surface area contributed by atoms with Crippen LogP contribution in [0.2, 0.25) is 0 Å². The molecule has 0 unspecified atom stereocenters. The molecule has 2 amide bonds. The third kappa shape index (κ3) is 7.22. The summed E-state index contributed by atoms with van der Waals surface area (Å²) < 4.78 is 27.0. The Kier molecular flexibility index (Phi) is 8.27. The second-order valence-electron chi connectivity index (χ2n) is 8.02. The van der Waals surface area contributed by atoms with Crippen molar-refractivity contribution in [3.63, 3.8) is 0 Å². The third-order valence-corrected chi connectivity index (χ3v) is 5.06. The average Bonchev–Trinajstić information content (AvgIpc) is 2.79. The summed E-state index contributed by atoms with van der Waals surface area (Å²) in [6.45, 7) is 1.50. The molecule has 0 saturated carbocycles. The van der Waals surface area contributed by atoms with Gasteiger partial charge in [0.2, 0.25) is 5.91 Å². The lowest BCUT2D eigenvalue weighted by Gasteiger charge is -2.23. The van der Waals surface area contributed by atoms with Crippen molar-refractivity contribution in [2.24, 2.45) is 0 Å². The number of carbonyl (C=O) groups excluding carboxylic acids is 2. The maximum absolute atomic E-state index is 13.7. The largest absolute Gasteiger partial charge is 0.355 e. The fraction of sp³-hybridized carbons (Fsp3) is 0.231. The first-order valence-electron chi connectivity index (χ1n) is 10.6. The van der Waals surface area contributed by atoms with Crippen LogP contribution >= 0.6 is 0 Å². The molecule has 33 heavy (non-hydrogen) atoms. The van der Waals surface area contributed by atoms with E-state index in [9.17, 15) is 18.4 Å². The Morgan fingerprint density at radius 1 is 0.848 bits per heavy atom. The van der Waals surface area contributed by atoms with Crippen LogP contribution in [-0.4, -0.2) is 43.9 Å². The van der Waals surface area contributed by atoms with Crippen molar-refractivity contribution in [2.45, 2.75) is 13.0 Å². The van der Waals surface area contributed by atoms with Gasteiger partial charge in [-0.25, -0.2) is 8.78 Å². The Balaban J connectivity index is 1.78. The summed E-state index contributed by atoms with van der Waals surface area (Å²) in [6.07, 6.45) is 0.226. The van der Waals surface area contributed by atoms with Crippen LogP contribution in [0.1, 0.15) is 21.5 Å². The molecule has 0 heterocycles. The molecule has 3 aromatic carbocycles. The van der Waals surface area contributed by atoms with Crippen molar-refractivity contribution in [1.29, 1.82) is 0 Å². The lowest BCUT2D eigenvalue weighted by molar-refractivity contribution is -0.120. The van der Waals surface area contributed by atoms with Gasteiger partial charge in [0.15, 0.2) is 0 Å². The molecule has 0 spiro atoms. The Morgan fingerprint density at radius 3 is 2.15 bits per heavy atom. The number of hydrogen-bond acceptors (Lipinski definition) is 3. The number of rotatable bonds is 9. The Bertz CT molecular complexity index is 1080. The summed E-state index contributed by atoms with van der Waals surface area (Å²) in [5.74, 6) is -1.33. The first kappa shape index (κ1) is 24.1. The topological polar surface area (TPSA) is 52.7 Å². The van der Waals surface area contributed by atoms with Gasteiger partial charge in [-0.1, -0.05) is 30.3 Å². The van der Waals surface area contributed by atoms with Gasteiger partial charge in [0.1, 0.15) is 11.6 Å². The normalized spacial score (nSPS) is 10.8. The highest BCUT2D eigenvalue weighted by Gasteiger charge is 2.19. The molecule has 5 nitrogen and oxygen atoms in total. The summed E-state index contributed by atoms with van der Waals surface area (Å²) in [6, 6.07) is 18.5. The summed E-state index contributed by atoms with van der Waals surface area (Å²) >= 11 is 0. The number of amides is 2. The lowest BCUT2D eigenvalue weighted by Crippen LogP contribution is -2.32. The zero-order chi connectivity index (χ0) is 23.8. The molecule has 0 aliphatic rings. The van der Waals surface area contributed by atoms with Crippen LogP contribution in [0, 0.1) is 11.6 Å². The van der Waals surface area contributed by atoms with Gasteiger partial charge in [-0.05, 0) is 67.7 Å². The molecule has 1 N–H and O–H groups in total. The fourth-order valence-corrected chi connectivity index (χ4v) is 3.29. The van der Waals surface area contributed by atoms with Crippen LogP contribution in [0.5, 0.6) is 0 Å². The molecule has 7 heteroatoms. The highest BCUT2D eigenvalue weighted by atomic mass is 19.1. The maximum atomic E-state index is 13.7. The average molecular weight is 452 g/mol. The van der Waals surface area contributed by atoms with E-state index in [-0.39, 0.29) is 36.2 Å². The van der Waals surface area contributed by atoms with E-state index in [0.29, 0.717) is 12.2 Å². The summed E-state index contributed by atoms with van der Waals surface area (Å²) in [5, 5.41) is 2.87. The minimum absolute atomic E-state index is 0.0800. The minimum Gasteiger partial charge on any atom is -0.355 e. The highest BCUT2D eigenvalue weighted by Crippen LogP contribution is 2.22. The number of nitrogens with one attached hydrogen (secondary N) is 1. The number of anilines is 1. The number of benzene rings is 3. The zero-order valence-corrected chi connectivity index (χ0v) is 18.7. The van der Waals surface area contributed by atoms with Crippen molar-refractivity contribution < 1.29 is 18.4 Å². The van der Waals surface area contributed by atoms with Gasteiger partial charge in [0, 0.05) is 24.3 Å². The second kappa shape index (κ2) is 11.3. The van der Waals surface area contributed by atoms with E-state index in [1.165, 1.54) is 35.2 Å². The molecule has 0 saturated heterocycles. The van der Waals surface area contributed by atoms with Gasteiger partial charge in [-0.3, -0.25) is 9.59 Å². The minimum atomic E-state index is -0.502. The zero-order valence-electron chi connectivity index (χ0n) is 18.7. The fourth-order valence-electron chi connectivity index (χ4n) is 3.29. The Hall–Kier alpha value is -3.58. The first-order valence-corrected chi connectivity index (χ1v) is 10.6. The SMILES string of the molecule is CN(C)CCNC(=O)Cc1ccc(N(Cc2ccc(F)cc2)C(=O)c2cccc(F)c2)cc1. The van der Waals surface area contributed by atoms with Gasteiger partial charge in [0.05, 0.1) is 13.0 Å². The lowest BCUT2D eigenvalue weighted by atomic mass is 10.1. The number of hydrogen-bond donors (Lipinski definition) is 1. The van der Waals surface area contributed by atoms with E-state index >= 15 is 0 Å². The van der Waals surface area contributed by atoms with Crippen LogP contribution in [-0.2, 0) is 17.8 Å². The molecule has 0 atom stereocenters. The first-order chi connectivity index (χ1) is 15.8. The van der Waals surface area contributed by atoms with E-state index in [4.69, 9.17) is 0 Å². The number of nitrogens with zero attached hydrogens (tertiary/aromatic N) is 2. The standard InChI is InChI=1S/C26H27F2N3O2/c1-30(2)15-14-29-25(32)16-19-8-12-24(13-9-19)31(18-20-6-10-22(27)11-7-20)26(33)21-4-3-5-23(28)17-21/h3-13,17H,14-16,18H2,1-2H3,(H,29,32). The molecular formula is C26H27F2N3O2. The molecule has 0 radical (unpaired) electrons. The number of halogens is 2. The van der Waals surface area contributed by atoms with E-state index in [0.717, 1.165) is 17.7 Å². The van der Waals surface area contributed by atoms with Crippen LogP contribution in [0.3, 0.4) is 0 Å². The molecule has 0 aliphatic carbocycles. The summed E-state index contributed by atoms with van der Waals surface area (Å²) in [7, 11) is 3.88. The summed E-state index contributed by atoms with van der Waals surface area (Å²) in [5.41, 5.74) is 2.33. The maximum Gasteiger partial charge on any atom is 0.258 e. The van der Waals surface area contributed by atoms with Gasteiger partial charge < -0.3 is 15.1 Å². The van der Waals surface area contributed by atoms with Crippen LogP contribution in [0.25, 0.3) is 0 Å². The van der Waals surface area contributed by atoms with Crippen molar-refractivity contribution >= 4 is 17.5 Å². The quantitative estimate of drug-likeness (QED) is 0.535. The molecule has 0 aromatic heterocycles. The van der Waals surface area contributed by atoms with Gasteiger partial charge >= 0.3 is 0 Å². The molecule has 0 bridgehead atoms. The molecule has 0 fully saturated rings. The Labute approximate surface area is 192 Å². The van der Waals surface area contributed by atoms with E-state index in [1.807, 2.05) is 19.0 Å². The number of likely N-dealkylation sites (N-methyl/N-ethyl adjacent to an activating group) is 1. The third-order valence-electron chi connectivity index (χ3n) is 5.06. The van der Waals surface area contributed by atoms with Crippen molar-refractivity contribution in [1.82, 2.24) is 10.2 Å². The molecular weight excluding hydrogens is 424 g/mol. The Morgan fingerprint density at radius 2 is 1.52 bits per heavy atom. The molecule has 3 aromatic rings. The van der Waals surface area contributed by atoms with Gasteiger partial charge in [-0.15, -0.1) is 0 Å². The van der Waals surface area contributed by atoms with E-state index < -0.39 is 5.82 Å². The molecule has 3 rings (SSSR count). The predicted molar refractivity (Wildman–Crippen MR) is 125 cm³/mol. The summed E-state index contributed by atoms with van der Waals surface area (Å²) in [4.78, 5) is 28.9. The van der Waals surface area contributed by atoms with Crippen molar-refractivity contribution in [3.05, 3.63) is 101 Å².